The molecule has 3 amide bonds. The van der Waals surface area contributed by atoms with Gasteiger partial charge in [-0.05, 0) is 60.6 Å². The number of benzene rings is 2. The van der Waals surface area contributed by atoms with Gasteiger partial charge in [0.15, 0.2) is 0 Å². The van der Waals surface area contributed by atoms with Crippen LogP contribution in [0.25, 0.3) is 0 Å². The number of nitrogens with zero attached hydrogens (tertiary/aromatic N) is 1. The Hall–Kier alpha value is -2.82. The predicted octanol–water partition coefficient (Wildman–Crippen LogP) is 3.59. The van der Waals surface area contributed by atoms with Crippen molar-refractivity contribution < 1.29 is 9.59 Å². The molecule has 0 atom stereocenters. The minimum absolute atomic E-state index is 0.0598. The van der Waals surface area contributed by atoms with E-state index in [4.69, 9.17) is 0 Å². The molecule has 2 heterocycles. The maximum Gasteiger partial charge on any atom is 0.321 e. The van der Waals surface area contributed by atoms with Crippen molar-refractivity contribution in [2.75, 3.05) is 23.7 Å². The summed E-state index contributed by atoms with van der Waals surface area (Å²) in [6.45, 7) is 1.45. The van der Waals surface area contributed by atoms with Gasteiger partial charge in [-0.3, -0.25) is 4.79 Å². The van der Waals surface area contributed by atoms with E-state index >= 15 is 0 Å². The molecule has 2 aromatic rings. The molecule has 0 spiro atoms. The number of carbonyl (C=O) groups excluding carboxylic acids is 2. The Kier molecular flexibility index (Phi) is 4.61. The van der Waals surface area contributed by atoms with E-state index in [1.807, 2.05) is 23.1 Å². The highest BCUT2D eigenvalue weighted by Crippen LogP contribution is 2.25. The maximum absolute atomic E-state index is 12.7. The molecule has 134 valence electrons. The second-order valence-electron chi connectivity index (χ2n) is 6.96. The summed E-state index contributed by atoms with van der Waals surface area (Å²) in [5, 5.41) is 5.94. The highest BCUT2D eigenvalue weighted by atomic mass is 16.2. The lowest BCUT2D eigenvalue weighted by Crippen LogP contribution is -2.36. The molecule has 0 fully saturated rings. The van der Waals surface area contributed by atoms with Crippen LogP contribution in [0.3, 0.4) is 0 Å². The van der Waals surface area contributed by atoms with Crippen LogP contribution in [0.4, 0.5) is 16.2 Å². The Morgan fingerprint density at radius 1 is 0.923 bits per heavy atom. The second-order valence-corrected chi connectivity index (χ2v) is 6.96. The second kappa shape index (κ2) is 7.20. The van der Waals surface area contributed by atoms with Crippen molar-refractivity contribution in [1.29, 1.82) is 0 Å². The van der Waals surface area contributed by atoms with E-state index in [2.05, 4.69) is 34.9 Å². The largest absolute Gasteiger partial charge is 0.326 e. The van der Waals surface area contributed by atoms with Gasteiger partial charge in [0.05, 0.1) is 0 Å². The Labute approximate surface area is 153 Å². The van der Waals surface area contributed by atoms with Gasteiger partial charge in [-0.1, -0.05) is 24.3 Å². The molecule has 0 unspecified atom stereocenters. The van der Waals surface area contributed by atoms with Crippen LogP contribution in [-0.4, -0.2) is 29.9 Å². The van der Waals surface area contributed by atoms with Crippen LogP contribution in [0.2, 0.25) is 0 Å². The first-order valence-electron chi connectivity index (χ1n) is 9.24. The minimum atomic E-state index is -0.0598. The van der Waals surface area contributed by atoms with Crippen LogP contribution in [0, 0.1) is 0 Å². The van der Waals surface area contributed by atoms with Crippen LogP contribution in [0.15, 0.2) is 42.5 Å². The van der Waals surface area contributed by atoms with Crippen LogP contribution in [0.1, 0.15) is 29.5 Å². The van der Waals surface area contributed by atoms with Crippen molar-refractivity contribution in [2.45, 2.75) is 32.1 Å². The topological polar surface area (TPSA) is 61.4 Å². The van der Waals surface area contributed by atoms with Crippen molar-refractivity contribution in [2.24, 2.45) is 0 Å². The summed E-state index contributed by atoms with van der Waals surface area (Å²) < 4.78 is 0. The zero-order valence-corrected chi connectivity index (χ0v) is 14.8. The molecular formula is C21H23N3O2. The number of hydrogen-bond donors (Lipinski definition) is 2. The Balaban J connectivity index is 1.44. The van der Waals surface area contributed by atoms with Gasteiger partial charge in [-0.15, -0.1) is 0 Å². The summed E-state index contributed by atoms with van der Waals surface area (Å²) in [5.74, 6) is 0.0599. The molecule has 5 nitrogen and oxygen atoms in total. The standard InChI is InChI=1S/C21H23N3O2/c25-20-7-3-6-17-14-18(8-9-19(17)23-20)22-21(26)24-12-10-15-4-1-2-5-16(15)11-13-24/h1-2,4-5,8-9,14H,3,6-7,10-13H2,(H,22,26)(H,23,25). The fourth-order valence-electron chi connectivity index (χ4n) is 3.73. The fraction of sp³-hybridized carbons (Fsp3) is 0.333. The van der Waals surface area contributed by atoms with E-state index in [1.54, 1.807) is 0 Å². The van der Waals surface area contributed by atoms with Crippen molar-refractivity contribution in [3.63, 3.8) is 0 Å². The maximum atomic E-state index is 12.7. The number of nitrogens with one attached hydrogen (secondary N) is 2. The van der Waals surface area contributed by atoms with Crippen LogP contribution in [-0.2, 0) is 24.1 Å². The van der Waals surface area contributed by atoms with Gasteiger partial charge < -0.3 is 15.5 Å². The summed E-state index contributed by atoms with van der Waals surface area (Å²) in [4.78, 5) is 26.2. The first-order chi connectivity index (χ1) is 12.7. The van der Waals surface area contributed by atoms with Gasteiger partial charge in [0.1, 0.15) is 0 Å². The zero-order valence-electron chi connectivity index (χ0n) is 14.8. The lowest BCUT2D eigenvalue weighted by Gasteiger charge is -2.21. The molecule has 0 bridgehead atoms. The first kappa shape index (κ1) is 16.6. The Bertz CT molecular complexity index is 820. The molecule has 2 N–H and O–H groups in total. The molecule has 2 aromatic carbocycles. The van der Waals surface area contributed by atoms with E-state index in [9.17, 15) is 9.59 Å². The van der Waals surface area contributed by atoms with Gasteiger partial charge in [0.2, 0.25) is 5.91 Å². The summed E-state index contributed by atoms with van der Waals surface area (Å²) in [7, 11) is 0. The third-order valence-corrected chi connectivity index (χ3v) is 5.19. The van der Waals surface area contributed by atoms with Crippen molar-refractivity contribution in [1.82, 2.24) is 4.90 Å². The molecule has 0 saturated heterocycles. The number of anilines is 2. The van der Waals surface area contributed by atoms with Crippen molar-refractivity contribution in [3.05, 3.63) is 59.2 Å². The number of rotatable bonds is 1. The van der Waals surface area contributed by atoms with Crippen LogP contribution in [0.5, 0.6) is 0 Å². The van der Waals surface area contributed by atoms with E-state index in [1.165, 1.54) is 11.1 Å². The lowest BCUT2D eigenvalue weighted by atomic mass is 10.0. The lowest BCUT2D eigenvalue weighted by molar-refractivity contribution is -0.116. The highest BCUT2D eigenvalue weighted by molar-refractivity contribution is 5.94. The Morgan fingerprint density at radius 3 is 2.38 bits per heavy atom. The average Bonchev–Trinajstić information content (AvgIpc) is 2.96. The van der Waals surface area contributed by atoms with E-state index in [-0.39, 0.29) is 11.9 Å². The summed E-state index contributed by atoms with van der Waals surface area (Å²) in [5.41, 5.74) is 5.39. The third-order valence-electron chi connectivity index (χ3n) is 5.19. The normalized spacial score (nSPS) is 16.6. The van der Waals surface area contributed by atoms with Crippen molar-refractivity contribution >= 4 is 23.3 Å². The van der Waals surface area contributed by atoms with Crippen LogP contribution >= 0.6 is 0 Å². The molecule has 0 aliphatic carbocycles. The van der Waals surface area contributed by atoms with Crippen molar-refractivity contribution in [3.8, 4) is 0 Å². The molecule has 2 aliphatic heterocycles. The molecule has 0 saturated carbocycles. The molecule has 0 aromatic heterocycles. The molecule has 26 heavy (non-hydrogen) atoms. The van der Waals surface area contributed by atoms with Crippen LogP contribution < -0.4 is 10.6 Å². The monoisotopic (exact) mass is 349 g/mol. The van der Waals surface area contributed by atoms with Gasteiger partial charge in [0.25, 0.3) is 0 Å². The molecule has 2 aliphatic rings. The average molecular weight is 349 g/mol. The quantitative estimate of drug-likeness (QED) is 0.826. The molecule has 0 radical (unpaired) electrons. The number of urea groups is 1. The molecular weight excluding hydrogens is 326 g/mol. The predicted molar refractivity (Wildman–Crippen MR) is 102 cm³/mol. The Morgan fingerprint density at radius 2 is 1.65 bits per heavy atom. The number of amides is 3. The SMILES string of the molecule is O=C1CCCc2cc(NC(=O)N3CCc4ccccc4CC3)ccc2N1. The van der Waals surface area contributed by atoms with Gasteiger partial charge in [-0.25, -0.2) is 4.79 Å². The van der Waals surface area contributed by atoms with Gasteiger partial charge in [0, 0.05) is 30.9 Å². The smallest absolute Gasteiger partial charge is 0.321 e. The fourth-order valence-corrected chi connectivity index (χ4v) is 3.73. The van der Waals surface area contributed by atoms with Gasteiger partial charge in [-0.2, -0.15) is 0 Å². The zero-order chi connectivity index (χ0) is 17.9. The van der Waals surface area contributed by atoms with E-state index in [0.29, 0.717) is 6.42 Å². The molecule has 4 rings (SSSR count). The van der Waals surface area contributed by atoms with E-state index < -0.39 is 0 Å². The number of aryl methyl sites for hydroxylation is 1. The first-order valence-corrected chi connectivity index (χ1v) is 9.24. The van der Waals surface area contributed by atoms with E-state index in [0.717, 1.165) is 55.7 Å². The third kappa shape index (κ3) is 3.57. The number of fused-ring (bicyclic) bond motifs is 2. The van der Waals surface area contributed by atoms with Gasteiger partial charge >= 0.3 is 6.03 Å². The highest BCUT2D eigenvalue weighted by Gasteiger charge is 2.19. The minimum Gasteiger partial charge on any atom is -0.326 e. The summed E-state index contributed by atoms with van der Waals surface area (Å²) in [6, 6.07) is 14.1. The molecule has 5 heteroatoms. The number of hydrogen-bond acceptors (Lipinski definition) is 2. The summed E-state index contributed by atoms with van der Waals surface area (Å²) in [6.07, 6.45) is 4.00. The number of carbonyl (C=O) groups is 2. The summed E-state index contributed by atoms with van der Waals surface area (Å²) >= 11 is 0.